The third-order valence-corrected chi connectivity index (χ3v) is 3.54. The van der Waals surface area contributed by atoms with Gasteiger partial charge >= 0.3 is 0 Å². The summed E-state index contributed by atoms with van der Waals surface area (Å²) < 4.78 is 1.13. The lowest BCUT2D eigenvalue weighted by molar-refractivity contribution is -0.119. The Hall–Kier alpha value is -0.780. The fourth-order valence-corrected chi connectivity index (χ4v) is 2.00. The Kier molecular flexibility index (Phi) is 4.04. The number of halogens is 1. The molecule has 0 radical (unpaired) electrons. The number of para-hydroxylation sites is 1. The van der Waals surface area contributed by atoms with Crippen LogP contribution in [0.2, 0.25) is 0 Å². The number of rotatable bonds is 5. The first kappa shape index (κ1) is 11.7. The molecule has 16 heavy (non-hydrogen) atoms. The largest absolute Gasteiger partial charge is 0.375 e. The maximum Gasteiger partial charge on any atom is 0.239 e. The van der Waals surface area contributed by atoms with E-state index >= 15 is 0 Å². The summed E-state index contributed by atoms with van der Waals surface area (Å²) in [7, 11) is 0. The fourth-order valence-electron chi connectivity index (χ4n) is 1.42. The number of hydrogen-bond acceptors (Lipinski definition) is 2. The molecule has 0 saturated heterocycles. The summed E-state index contributed by atoms with van der Waals surface area (Å²) in [6, 6.07) is 7.95. The van der Waals surface area contributed by atoms with Gasteiger partial charge in [0.05, 0.1) is 6.54 Å². The second-order valence-corrected chi connectivity index (χ2v) is 5.24. The second-order valence-electron chi connectivity index (χ2n) is 4.08. The van der Waals surface area contributed by atoms with Gasteiger partial charge in [-0.05, 0) is 53.5 Å². The molecule has 0 aliphatic heterocycles. The topological polar surface area (TPSA) is 41.1 Å². The highest BCUT2D eigenvalue weighted by Crippen LogP contribution is 2.27. The molecule has 1 fully saturated rings. The summed E-state index contributed by atoms with van der Waals surface area (Å²) in [4.78, 5) is 11.5. The molecule has 0 bridgehead atoms. The standard InChI is InChI=1S/C12H15IN2O/c13-10-3-1-2-4-11(10)14-8-12(16)15-7-9-5-6-9/h1-4,9,14H,5-8H2,(H,15,16). The van der Waals surface area contributed by atoms with Gasteiger partial charge in [0.25, 0.3) is 0 Å². The molecule has 4 heteroatoms. The average Bonchev–Trinajstić information content (AvgIpc) is 3.09. The molecule has 1 aromatic carbocycles. The van der Waals surface area contributed by atoms with Crippen LogP contribution in [0.3, 0.4) is 0 Å². The van der Waals surface area contributed by atoms with Crippen LogP contribution in [-0.2, 0) is 4.79 Å². The molecular formula is C12H15IN2O. The van der Waals surface area contributed by atoms with Crippen molar-refractivity contribution >= 4 is 34.2 Å². The first-order chi connectivity index (χ1) is 7.75. The smallest absolute Gasteiger partial charge is 0.239 e. The lowest BCUT2D eigenvalue weighted by Gasteiger charge is -2.08. The maximum atomic E-state index is 11.5. The van der Waals surface area contributed by atoms with Gasteiger partial charge in [-0.15, -0.1) is 0 Å². The van der Waals surface area contributed by atoms with Crippen LogP contribution in [0, 0.1) is 9.49 Å². The first-order valence-electron chi connectivity index (χ1n) is 5.51. The van der Waals surface area contributed by atoms with Crippen molar-refractivity contribution < 1.29 is 4.79 Å². The summed E-state index contributed by atoms with van der Waals surface area (Å²) in [5.74, 6) is 0.812. The van der Waals surface area contributed by atoms with Crippen LogP contribution in [0.4, 0.5) is 5.69 Å². The van der Waals surface area contributed by atoms with Crippen molar-refractivity contribution in [2.24, 2.45) is 5.92 Å². The molecule has 86 valence electrons. The molecule has 0 heterocycles. The Labute approximate surface area is 109 Å². The summed E-state index contributed by atoms with van der Waals surface area (Å²) >= 11 is 2.25. The van der Waals surface area contributed by atoms with Crippen LogP contribution in [0.1, 0.15) is 12.8 Å². The molecule has 1 amide bonds. The van der Waals surface area contributed by atoms with E-state index in [1.54, 1.807) is 0 Å². The van der Waals surface area contributed by atoms with Crippen molar-refractivity contribution in [1.29, 1.82) is 0 Å². The van der Waals surface area contributed by atoms with Gasteiger partial charge in [0.1, 0.15) is 0 Å². The van der Waals surface area contributed by atoms with Crippen molar-refractivity contribution in [3.8, 4) is 0 Å². The highest BCUT2D eigenvalue weighted by molar-refractivity contribution is 14.1. The molecule has 1 aliphatic carbocycles. The molecule has 1 saturated carbocycles. The van der Waals surface area contributed by atoms with E-state index in [-0.39, 0.29) is 5.91 Å². The Morgan fingerprint density at radius 2 is 2.12 bits per heavy atom. The first-order valence-corrected chi connectivity index (χ1v) is 6.58. The number of nitrogens with one attached hydrogen (secondary N) is 2. The number of benzene rings is 1. The molecule has 0 spiro atoms. The molecule has 1 aromatic rings. The van der Waals surface area contributed by atoms with Gasteiger partial charge in [0, 0.05) is 15.8 Å². The van der Waals surface area contributed by atoms with Crippen LogP contribution >= 0.6 is 22.6 Å². The highest BCUT2D eigenvalue weighted by Gasteiger charge is 2.21. The quantitative estimate of drug-likeness (QED) is 0.813. The molecule has 2 rings (SSSR count). The van der Waals surface area contributed by atoms with E-state index in [4.69, 9.17) is 0 Å². The monoisotopic (exact) mass is 330 g/mol. The average molecular weight is 330 g/mol. The van der Waals surface area contributed by atoms with E-state index in [0.29, 0.717) is 6.54 Å². The zero-order chi connectivity index (χ0) is 11.4. The summed E-state index contributed by atoms with van der Waals surface area (Å²) in [5.41, 5.74) is 1.02. The maximum absolute atomic E-state index is 11.5. The van der Waals surface area contributed by atoms with E-state index in [1.165, 1.54) is 12.8 Å². The van der Waals surface area contributed by atoms with Crippen LogP contribution in [0.25, 0.3) is 0 Å². The summed E-state index contributed by atoms with van der Waals surface area (Å²) in [5, 5.41) is 6.07. The van der Waals surface area contributed by atoms with Gasteiger partial charge in [-0.2, -0.15) is 0 Å². The zero-order valence-corrected chi connectivity index (χ0v) is 11.2. The lowest BCUT2D eigenvalue weighted by atomic mass is 10.3. The Morgan fingerprint density at radius 3 is 2.81 bits per heavy atom. The zero-order valence-electron chi connectivity index (χ0n) is 9.00. The fraction of sp³-hybridized carbons (Fsp3) is 0.417. The van der Waals surface area contributed by atoms with Gasteiger partial charge in [-0.3, -0.25) is 4.79 Å². The Morgan fingerprint density at radius 1 is 1.38 bits per heavy atom. The number of amides is 1. The number of carbonyl (C=O) groups is 1. The summed E-state index contributed by atoms with van der Waals surface area (Å²) in [6.07, 6.45) is 2.54. The third kappa shape index (κ3) is 3.66. The van der Waals surface area contributed by atoms with Crippen LogP contribution in [-0.4, -0.2) is 19.0 Å². The highest BCUT2D eigenvalue weighted by atomic mass is 127. The number of hydrogen-bond donors (Lipinski definition) is 2. The molecule has 3 nitrogen and oxygen atoms in total. The van der Waals surface area contributed by atoms with Crippen molar-refractivity contribution in [3.63, 3.8) is 0 Å². The van der Waals surface area contributed by atoms with Gasteiger partial charge in [0.2, 0.25) is 5.91 Å². The van der Waals surface area contributed by atoms with E-state index in [0.717, 1.165) is 21.7 Å². The van der Waals surface area contributed by atoms with Gasteiger partial charge in [-0.1, -0.05) is 12.1 Å². The minimum atomic E-state index is 0.0755. The van der Waals surface area contributed by atoms with E-state index in [2.05, 4.69) is 33.2 Å². The van der Waals surface area contributed by atoms with Crippen molar-refractivity contribution in [3.05, 3.63) is 27.8 Å². The van der Waals surface area contributed by atoms with Crippen molar-refractivity contribution in [2.45, 2.75) is 12.8 Å². The van der Waals surface area contributed by atoms with Gasteiger partial charge in [-0.25, -0.2) is 0 Å². The van der Waals surface area contributed by atoms with Crippen LogP contribution in [0.15, 0.2) is 24.3 Å². The number of anilines is 1. The predicted octanol–water partition coefficient (Wildman–Crippen LogP) is 2.23. The van der Waals surface area contributed by atoms with Gasteiger partial charge < -0.3 is 10.6 Å². The molecule has 2 N–H and O–H groups in total. The molecule has 1 aliphatic rings. The van der Waals surface area contributed by atoms with E-state index in [1.807, 2.05) is 24.3 Å². The second kappa shape index (κ2) is 5.52. The van der Waals surface area contributed by atoms with Crippen molar-refractivity contribution in [1.82, 2.24) is 5.32 Å². The van der Waals surface area contributed by atoms with Crippen molar-refractivity contribution in [2.75, 3.05) is 18.4 Å². The van der Waals surface area contributed by atoms with Crippen LogP contribution < -0.4 is 10.6 Å². The van der Waals surface area contributed by atoms with E-state index < -0.39 is 0 Å². The molecule has 0 atom stereocenters. The van der Waals surface area contributed by atoms with E-state index in [9.17, 15) is 4.79 Å². The normalized spacial score (nSPS) is 14.6. The van der Waals surface area contributed by atoms with Crippen LogP contribution in [0.5, 0.6) is 0 Å². The Balaban J connectivity index is 1.73. The summed E-state index contributed by atoms with van der Waals surface area (Å²) in [6.45, 7) is 1.19. The molecular weight excluding hydrogens is 315 g/mol. The third-order valence-electron chi connectivity index (χ3n) is 2.60. The van der Waals surface area contributed by atoms with Gasteiger partial charge in [0.15, 0.2) is 0 Å². The predicted molar refractivity (Wildman–Crippen MR) is 73.4 cm³/mol. The molecule has 0 unspecified atom stereocenters. The number of carbonyl (C=O) groups excluding carboxylic acids is 1. The lowest BCUT2D eigenvalue weighted by Crippen LogP contribution is -2.31. The minimum absolute atomic E-state index is 0.0755. The Bertz CT molecular complexity index is 377. The minimum Gasteiger partial charge on any atom is -0.375 e. The molecule has 0 aromatic heterocycles. The SMILES string of the molecule is O=C(CNc1ccccc1I)NCC1CC1.